The Bertz CT molecular complexity index is 406. The van der Waals surface area contributed by atoms with Crippen molar-refractivity contribution in [3.63, 3.8) is 0 Å². The van der Waals surface area contributed by atoms with E-state index in [1.807, 2.05) is 19.1 Å². The van der Waals surface area contributed by atoms with Crippen molar-refractivity contribution in [3.05, 3.63) is 35.3 Å². The molecule has 0 saturated heterocycles. The molecule has 0 unspecified atom stereocenters. The van der Waals surface area contributed by atoms with Crippen LogP contribution < -0.4 is 5.73 Å². The van der Waals surface area contributed by atoms with Gasteiger partial charge in [-0.15, -0.1) is 0 Å². The predicted octanol–water partition coefficient (Wildman–Crippen LogP) is 2.09. The number of allylic oxidation sites excluding steroid dienone is 4. The number of aromatic nitrogens is 2. The number of H-pyrrole nitrogens is 1. The van der Waals surface area contributed by atoms with Crippen molar-refractivity contribution in [1.82, 2.24) is 10.2 Å². The molecule has 4 N–H and O–H groups in total. The Morgan fingerprint density at radius 2 is 2.20 bits per heavy atom. The lowest BCUT2D eigenvalue weighted by Crippen LogP contribution is -2.07. The van der Waals surface area contributed by atoms with E-state index in [2.05, 4.69) is 10.2 Å². The van der Waals surface area contributed by atoms with E-state index in [0.717, 1.165) is 16.8 Å². The van der Waals surface area contributed by atoms with Crippen molar-refractivity contribution in [2.24, 2.45) is 5.73 Å². The van der Waals surface area contributed by atoms with Crippen LogP contribution >= 0.6 is 0 Å². The largest absolute Gasteiger partial charge is 0.402 e. The molecule has 80 valence electrons. The van der Waals surface area contributed by atoms with E-state index in [-0.39, 0.29) is 0 Å². The molecular formula is C11H16N4. The monoisotopic (exact) mass is 204 g/mol. The van der Waals surface area contributed by atoms with E-state index in [4.69, 9.17) is 11.1 Å². The zero-order chi connectivity index (χ0) is 11.4. The maximum Gasteiger partial charge on any atom is 0.0924 e. The molecule has 1 rings (SSSR count). The van der Waals surface area contributed by atoms with Crippen LogP contribution in [0.1, 0.15) is 26.5 Å². The van der Waals surface area contributed by atoms with Crippen molar-refractivity contribution in [1.29, 1.82) is 5.41 Å². The summed E-state index contributed by atoms with van der Waals surface area (Å²) in [6.07, 6.45) is 3.67. The molecule has 0 fully saturated rings. The van der Waals surface area contributed by atoms with Gasteiger partial charge in [-0.25, -0.2) is 0 Å². The predicted molar refractivity (Wildman–Crippen MR) is 62.5 cm³/mol. The average molecular weight is 204 g/mol. The Kier molecular flexibility index (Phi) is 3.44. The summed E-state index contributed by atoms with van der Waals surface area (Å²) in [6.45, 7) is 5.43. The lowest BCUT2D eigenvalue weighted by Gasteiger charge is -2.10. The number of nitrogens with two attached hydrogens (primary N) is 1. The van der Waals surface area contributed by atoms with Crippen LogP contribution in [0.25, 0.3) is 5.57 Å². The van der Waals surface area contributed by atoms with Gasteiger partial charge in [-0.2, -0.15) is 5.10 Å². The number of nitrogens with one attached hydrogen (secondary N) is 2. The highest BCUT2D eigenvalue weighted by molar-refractivity contribution is 6.10. The zero-order valence-electron chi connectivity index (χ0n) is 9.26. The van der Waals surface area contributed by atoms with E-state index in [1.165, 1.54) is 0 Å². The number of aromatic amines is 1. The maximum absolute atomic E-state index is 7.70. The van der Waals surface area contributed by atoms with Gasteiger partial charge in [0.05, 0.1) is 5.69 Å². The first kappa shape index (κ1) is 11.2. The third-order valence-corrected chi connectivity index (χ3v) is 2.10. The molecule has 15 heavy (non-hydrogen) atoms. The number of rotatable bonds is 3. The van der Waals surface area contributed by atoms with Crippen molar-refractivity contribution in [2.75, 3.05) is 0 Å². The molecule has 4 nitrogen and oxygen atoms in total. The minimum absolute atomic E-state index is 0.450. The van der Waals surface area contributed by atoms with E-state index in [0.29, 0.717) is 11.4 Å². The van der Waals surface area contributed by atoms with E-state index in [1.54, 1.807) is 20.0 Å². The first-order valence-electron chi connectivity index (χ1n) is 4.76. The van der Waals surface area contributed by atoms with Gasteiger partial charge in [0.15, 0.2) is 0 Å². The van der Waals surface area contributed by atoms with E-state index < -0.39 is 0 Å². The summed E-state index contributed by atoms with van der Waals surface area (Å²) in [5.74, 6) is 0. The molecule has 0 aliphatic heterocycles. The summed E-state index contributed by atoms with van der Waals surface area (Å²) >= 11 is 0. The van der Waals surface area contributed by atoms with Crippen LogP contribution in [0, 0.1) is 5.41 Å². The minimum Gasteiger partial charge on any atom is -0.402 e. The highest BCUT2D eigenvalue weighted by Crippen LogP contribution is 2.23. The molecule has 1 aromatic rings. The Labute approximate surface area is 89.4 Å². The van der Waals surface area contributed by atoms with Crippen LogP contribution in [-0.2, 0) is 0 Å². The van der Waals surface area contributed by atoms with Gasteiger partial charge in [-0.3, -0.25) is 5.10 Å². The van der Waals surface area contributed by atoms with Crippen molar-refractivity contribution in [3.8, 4) is 0 Å². The summed E-state index contributed by atoms with van der Waals surface area (Å²) in [5.41, 5.74) is 9.32. The molecule has 0 spiro atoms. The number of hydrogen-bond donors (Lipinski definition) is 3. The first-order chi connectivity index (χ1) is 7.07. The van der Waals surface area contributed by atoms with E-state index in [9.17, 15) is 0 Å². The van der Waals surface area contributed by atoms with Crippen LogP contribution in [0.2, 0.25) is 0 Å². The average Bonchev–Trinajstić information content (AvgIpc) is 2.64. The van der Waals surface area contributed by atoms with Crippen LogP contribution in [0.4, 0.5) is 0 Å². The van der Waals surface area contributed by atoms with Gasteiger partial charge in [0.2, 0.25) is 0 Å². The van der Waals surface area contributed by atoms with Gasteiger partial charge in [-0.05, 0) is 26.8 Å². The molecule has 0 radical (unpaired) electrons. The van der Waals surface area contributed by atoms with Gasteiger partial charge in [-0.1, -0.05) is 6.08 Å². The van der Waals surface area contributed by atoms with Crippen LogP contribution in [0.15, 0.2) is 29.6 Å². The summed E-state index contributed by atoms with van der Waals surface area (Å²) in [6, 6.07) is 1.86. The quantitative estimate of drug-likeness (QED) is 0.520. The Morgan fingerprint density at radius 3 is 2.53 bits per heavy atom. The van der Waals surface area contributed by atoms with Crippen molar-refractivity contribution in [2.45, 2.75) is 20.8 Å². The second-order valence-electron chi connectivity index (χ2n) is 3.34. The second kappa shape index (κ2) is 4.59. The molecule has 0 saturated carbocycles. The summed E-state index contributed by atoms with van der Waals surface area (Å²) in [7, 11) is 0. The van der Waals surface area contributed by atoms with Crippen molar-refractivity contribution >= 4 is 11.3 Å². The normalized spacial score (nSPS) is 13.7. The maximum atomic E-state index is 7.70. The fraction of sp³-hybridized carbons (Fsp3) is 0.273. The van der Waals surface area contributed by atoms with Crippen LogP contribution in [0.5, 0.6) is 0 Å². The molecule has 0 atom stereocenters. The number of nitrogens with zero attached hydrogens (tertiary/aromatic N) is 1. The van der Waals surface area contributed by atoms with Gasteiger partial charge in [0.1, 0.15) is 0 Å². The SMILES string of the molecule is C/C=C(\C(C(C)=N)=C(/C)N)c1cc[nH]n1. The fourth-order valence-corrected chi connectivity index (χ4v) is 1.54. The van der Waals surface area contributed by atoms with Gasteiger partial charge < -0.3 is 11.1 Å². The van der Waals surface area contributed by atoms with Crippen LogP contribution in [0.3, 0.4) is 0 Å². The Balaban J connectivity index is 3.25. The highest BCUT2D eigenvalue weighted by Gasteiger charge is 2.12. The number of hydrogen-bond acceptors (Lipinski definition) is 3. The molecule has 0 aromatic carbocycles. The Hall–Kier alpha value is -1.84. The fourth-order valence-electron chi connectivity index (χ4n) is 1.54. The second-order valence-corrected chi connectivity index (χ2v) is 3.34. The molecule has 0 aliphatic rings. The van der Waals surface area contributed by atoms with Crippen molar-refractivity contribution < 1.29 is 0 Å². The molecule has 0 bridgehead atoms. The summed E-state index contributed by atoms with van der Waals surface area (Å²) in [4.78, 5) is 0. The lowest BCUT2D eigenvalue weighted by molar-refractivity contribution is 1.07. The topological polar surface area (TPSA) is 78.5 Å². The molecule has 1 aromatic heterocycles. The van der Waals surface area contributed by atoms with E-state index >= 15 is 0 Å². The molecular weight excluding hydrogens is 188 g/mol. The van der Waals surface area contributed by atoms with Gasteiger partial charge in [0, 0.05) is 28.8 Å². The third kappa shape index (κ3) is 2.34. The summed E-state index contributed by atoms with van der Waals surface area (Å²) in [5, 5.41) is 14.5. The summed E-state index contributed by atoms with van der Waals surface area (Å²) < 4.78 is 0. The highest BCUT2D eigenvalue weighted by atomic mass is 15.1. The zero-order valence-corrected chi connectivity index (χ0v) is 9.26. The Morgan fingerprint density at radius 1 is 1.53 bits per heavy atom. The minimum atomic E-state index is 0.450. The third-order valence-electron chi connectivity index (χ3n) is 2.10. The standard InChI is InChI=1S/C11H16N4/c1-4-9(10-5-6-14-15-10)11(7(2)12)8(3)13/h4-6,12H,13H2,1-3H3,(H,14,15)/b9-4-,11-8+,12-7?. The van der Waals surface area contributed by atoms with Crippen LogP contribution in [-0.4, -0.2) is 15.9 Å². The lowest BCUT2D eigenvalue weighted by atomic mass is 9.97. The van der Waals surface area contributed by atoms with Gasteiger partial charge >= 0.3 is 0 Å². The molecule has 4 heteroatoms. The molecule has 0 aliphatic carbocycles. The smallest absolute Gasteiger partial charge is 0.0924 e. The molecule has 0 amide bonds. The first-order valence-corrected chi connectivity index (χ1v) is 4.76. The van der Waals surface area contributed by atoms with Gasteiger partial charge in [0.25, 0.3) is 0 Å². The molecule has 1 heterocycles.